The highest BCUT2D eigenvalue weighted by Gasteiger charge is 2.39. The smallest absolute Gasteiger partial charge is 0.325 e. The number of rotatable bonds is 7. The lowest BCUT2D eigenvalue weighted by molar-refractivity contribution is -0.129. The number of nitrogens with one attached hydrogen (secondary N) is 1. The number of urea groups is 1. The van der Waals surface area contributed by atoms with Crippen molar-refractivity contribution in [1.29, 1.82) is 0 Å². The molecular weight excluding hydrogens is 392 g/mol. The van der Waals surface area contributed by atoms with Gasteiger partial charge >= 0.3 is 6.03 Å². The summed E-state index contributed by atoms with van der Waals surface area (Å²) in [6.07, 6.45) is 1.45. The number of nitrogens with zero attached hydrogens (tertiary/aromatic N) is 3. The molecule has 0 spiro atoms. The summed E-state index contributed by atoms with van der Waals surface area (Å²) < 4.78 is 27.3. The maximum Gasteiger partial charge on any atom is 0.325 e. The maximum atomic E-state index is 12.9. The highest BCUT2D eigenvalue weighted by atomic mass is 32.2. The molecule has 0 aromatic heterocycles. The second-order valence-corrected chi connectivity index (χ2v) is 9.88. The van der Waals surface area contributed by atoms with Gasteiger partial charge in [-0.2, -0.15) is 4.31 Å². The zero-order chi connectivity index (χ0) is 21.2. The summed E-state index contributed by atoms with van der Waals surface area (Å²) in [6, 6.07) is 6.24. The van der Waals surface area contributed by atoms with Crippen LogP contribution in [0.3, 0.4) is 0 Å². The molecule has 2 heterocycles. The third-order valence-corrected chi connectivity index (χ3v) is 7.45. The molecule has 1 aromatic rings. The largest absolute Gasteiger partial charge is 0.326 e. The fourth-order valence-electron chi connectivity index (χ4n) is 3.68. The molecule has 2 fully saturated rings. The van der Waals surface area contributed by atoms with E-state index in [-0.39, 0.29) is 18.6 Å². The standard InChI is InChI=1S/C20H30N4O4S/c1-4-5-18-19(25)24(20(26)21-18)14-22-10-12-23(13-11-22)29(27,28)17-8-6-16(7-9-17)15(2)3/h6-9,15,18H,4-5,10-14H2,1-3H3,(H,21,26)/t18-/m0/s1. The first-order valence-corrected chi connectivity index (χ1v) is 11.6. The van der Waals surface area contributed by atoms with E-state index in [0.29, 0.717) is 43.4 Å². The molecule has 8 nitrogen and oxygen atoms in total. The van der Waals surface area contributed by atoms with Crippen molar-refractivity contribution >= 4 is 22.0 Å². The third-order valence-electron chi connectivity index (χ3n) is 5.54. The molecule has 2 saturated heterocycles. The number of carbonyl (C=O) groups excluding carboxylic acids is 2. The Balaban J connectivity index is 1.58. The van der Waals surface area contributed by atoms with Crippen LogP contribution in [0.5, 0.6) is 0 Å². The van der Waals surface area contributed by atoms with Crippen LogP contribution in [-0.2, 0) is 14.8 Å². The van der Waals surface area contributed by atoms with Gasteiger partial charge in [-0.05, 0) is 30.0 Å². The van der Waals surface area contributed by atoms with Crippen molar-refractivity contribution in [3.05, 3.63) is 29.8 Å². The van der Waals surface area contributed by atoms with Crippen LogP contribution in [0.15, 0.2) is 29.2 Å². The summed E-state index contributed by atoms with van der Waals surface area (Å²) in [5, 5.41) is 2.72. The summed E-state index contributed by atoms with van der Waals surface area (Å²) in [5.74, 6) is 0.148. The van der Waals surface area contributed by atoms with Gasteiger partial charge in [0.2, 0.25) is 10.0 Å². The van der Waals surface area contributed by atoms with Crippen molar-refractivity contribution in [2.45, 2.75) is 50.5 Å². The number of sulfonamides is 1. The van der Waals surface area contributed by atoms with Crippen molar-refractivity contribution in [2.75, 3.05) is 32.8 Å². The van der Waals surface area contributed by atoms with Crippen LogP contribution in [0.1, 0.15) is 45.1 Å². The maximum absolute atomic E-state index is 12.9. The van der Waals surface area contributed by atoms with Crippen LogP contribution in [0, 0.1) is 0 Å². The van der Waals surface area contributed by atoms with Crippen LogP contribution in [-0.4, -0.2) is 73.4 Å². The van der Waals surface area contributed by atoms with Gasteiger partial charge in [-0.1, -0.05) is 39.3 Å². The summed E-state index contributed by atoms with van der Waals surface area (Å²) in [6.45, 7) is 7.90. The van der Waals surface area contributed by atoms with E-state index in [9.17, 15) is 18.0 Å². The molecule has 2 aliphatic rings. The molecule has 29 heavy (non-hydrogen) atoms. The summed E-state index contributed by atoms with van der Waals surface area (Å²) >= 11 is 0. The Hall–Kier alpha value is -1.97. The second-order valence-electron chi connectivity index (χ2n) is 7.94. The van der Waals surface area contributed by atoms with Gasteiger partial charge in [0, 0.05) is 26.2 Å². The van der Waals surface area contributed by atoms with Gasteiger partial charge in [-0.25, -0.2) is 18.1 Å². The summed E-state index contributed by atoms with van der Waals surface area (Å²) in [7, 11) is -3.55. The lowest BCUT2D eigenvalue weighted by atomic mass is 10.0. The van der Waals surface area contributed by atoms with Gasteiger partial charge in [-0.15, -0.1) is 0 Å². The van der Waals surface area contributed by atoms with Gasteiger partial charge in [0.05, 0.1) is 11.6 Å². The molecule has 9 heteroatoms. The Morgan fingerprint density at radius 1 is 1.07 bits per heavy atom. The number of benzene rings is 1. The molecule has 1 atom stereocenters. The first kappa shape index (κ1) is 21.7. The molecule has 1 N–H and O–H groups in total. The number of hydrogen-bond acceptors (Lipinski definition) is 5. The number of hydrogen-bond donors (Lipinski definition) is 1. The van der Waals surface area contributed by atoms with Gasteiger partial charge in [0.15, 0.2) is 0 Å². The SMILES string of the molecule is CCC[C@@H]1NC(=O)N(CN2CCN(S(=O)(=O)c3ccc(C(C)C)cc3)CC2)C1=O. The molecule has 3 amide bonds. The highest BCUT2D eigenvalue weighted by molar-refractivity contribution is 7.89. The van der Waals surface area contributed by atoms with E-state index in [2.05, 4.69) is 19.2 Å². The monoisotopic (exact) mass is 422 g/mol. The Bertz CT molecular complexity index is 846. The van der Waals surface area contributed by atoms with Gasteiger partial charge < -0.3 is 5.32 Å². The Morgan fingerprint density at radius 2 is 1.69 bits per heavy atom. The van der Waals surface area contributed by atoms with Crippen LogP contribution < -0.4 is 5.32 Å². The van der Waals surface area contributed by atoms with Gasteiger partial charge in [-0.3, -0.25) is 9.69 Å². The molecule has 3 rings (SSSR count). The fraction of sp³-hybridized carbons (Fsp3) is 0.600. The Morgan fingerprint density at radius 3 is 2.24 bits per heavy atom. The molecule has 0 bridgehead atoms. The zero-order valence-corrected chi connectivity index (χ0v) is 18.1. The average Bonchev–Trinajstić information content (AvgIpc) is 2.96. The molecule has 0 unspecified atom stereocenters. The summed E-state index contributed by atoms with van der Waals surface area (Å²) in [5.41, 5.74) is 1.10. The van der Waals surface area contributed by atoms with E-state index < -0.39 is 16.1 Å². The molecular formula is C20H30N4O4S. The van der Waals surface area contributed by atoms with Crippen LogP contribution in [0.4, 0.5) is 4.79 Å². The van der Waals surface area contributed by atoms with Crippen molar-refractivity contribution in [2.24, 2.45) is 0 Å². The third kappa shape index (κ3) is 4.62. The minimum Gasteiger partial charge on any atom is -0.326 e. The predicted octanol–water partition coefficient (Wildman–Crippen LogP) is 1.79. The van der Waals surface area contributed by atoms with Crippen molar-refractivity contribution < 1.29 is 18.0 Å². The number of imide groups is 1. The van der Waals surface area contributed by atoms with Crippen molar-refractivity contribution in [3.8, 4) is 0 Å². The molecule has 1 aromatic carbocycles. The minimum absolute atomic E-state index is 0.196. The lowest BCUT2D eigenvalue weighted by Crippen LogP contribution is -2.52. The van der Waals surface area contributed by atoms with E-state index >= 15 is 0 Å². The number of amides is 3. The molecule has 2 aliphatic heterocycles. The highest BCUT2D eigenvalue weighted by Crippen LogP contribution is 2.21. The quantitative estimate of drug-likeness (QED) is 0.677. The predicted molar refractivity (Wildman–Crippen MR) is 110 cm³/mol. The Labute approximate surface area is 172 Å². The van der Waals surface area contributed by atoms with Crippen LogP contribution in [0.2, 0.25) is 0 Å². The number of piperazine rings is 1. The van der Waals surface area contributed by atoms with Crippen LogP contribution >= 0.6 is 0 Å². The number of carbonyl (C=O) groups is 2. The van der Waals surface area contributed by atoms with E-state index in [1.807, 2.05) is 24.0 Å². The van der Waals surface area contributed by atoms with E-state index in [1.54, 1.807) is 12.1 Å². The minimum atomic E-state index is -3.55. The molecule has 0 radical (unpaired) electrons. The van der Waals surface area contributed by atoms with E-state index in [4.69, 9.17) is 0 Å². The van der Waals surface area contributed by atoms with Crippen molar-refractivity contribution in [1.82, 2.24) is 19.4 Å². The second kappa shape index (κ2) is 8.81. The zero-order valence-electron chi connectivity index (χ0n) is 17.3. The average molecular weight is 423 g/mol. The fourth-order valence-corrected chi connectivity index (χ4v) is 5.10. The lowest BCUT2D eigenvalue weighted by Gasteiger charge is -2.35. The normalized spacial score (nSPS) is 21.8. The van der Waals surface area contributed by atoms with E-state index in [1.165, 1.54) is 9.21 Å². The Kier molecular flexibility index (Phi) is 6.60. The van der Waals surface area contributed by atoms with Crippen LogP contribution in [0.25, 0.3) is 0 Å². The summed E-state index contributed by atoms with van der Waals surface area (Å²) in [4.78, 5) is 27.9. The topological polar surface area (TPSA) is 90.0 Å². The molecule has 160 valence electrons. The molecule has 0 saturated carbocycles. The van der Waals surface area contributed by atoms with E-state index in [0.717, 1.165) is 12.0 Å². The van der Waals surface area contributed by atoms with Gasteiger partial charge in [0.25, 0.3) is 5.91 Å². The van der Waals surface area contributed by atoms with Gasteiger partial charge in [0.1, 0.15) is 6.04 Å². The first-order valence-electron chi connectivity index (χ1n) is 10.2. The van der Waals surface area contributed by atoms with Crippen molar-refractivity contribution in [3.63, 3.8) is 0 Å². The first-order chi connectivity index (χ1) is 13.7. The molecule has 0 aliphatic carbocycles.